The van der Waals surface area contributed by atoms with Gasteiger partial charge in [-0.15, -0.1) is 0 Å². The summed E-state index contributed by atoms with van der Waals surface area (Å²) in [5.74, 6) is 0.740. The highest BCUT2D eigenvalue weighted by atomic mass is 16.1. The number of likely N-dealkylation sites (tertiary alicyclic amines) is 1. The molecule has 2 fully saturated rings. The zero-order chi connectivity index (χ0) is 16.4. The second kappa shape index (κ2) is 6.73. The van der Waals surface area contributed by atoms with Crippen LogP contribution in [-0.4, -0.2) is 34.4 Å². The predicted octanol–water partition coefficient (Wildman–Crippen LogP) is 2.40. The van der Waals surface area contributed by atoms with Crippen LogP contribution in [0, 0.1) is 5.92 Å². The second-order valence-electron chi connectivity index (χ2n) is 7.01. The summed E-state index contributed by atoms with van der Waals surface area (Å²) in [5, 5.41) is 3.27. The number of hydrogen-bond acceptors (Lipinski definition) is 3. The van der Waals surface area contributed by atoms with Crippen LogP contribution >= 0.6 is 0 Å². The van der Waals surface area contributed by atoms with E-state index in [-0.39, 0.29) is 5.91 Å². The van der Waals surface area contributed by atoms with Crippen molar-refractivity contribution in [3.63, 3.8) is 0 Å². The van der Waals surface area contributed by atoms with Gasteiger partial charge in [0.1, 0.15) is 0 Å². The van der Waals surface area contributed by atoms with E-state index in [1.165, 1.54) is 12.0 Å². The van der Waals surface area contributed by atoms with Crippen LogP contribution in [0.5, 0.6) is 0 Å². The van der Waals surface area contributed by atoms with Crippen molar-refractivity contribution < 1.29 is 4.79 Å². The van der Waals surface area contributed by atoms with E-state index in [2.05, 4.69) is 21.3 Å². The topological polar surface area (TPSA) is 45.2 Å². The Morgan fingerprint density at radius 2 is 1.96 bits per heavy atom. The first-order valence-corrected chi connectivity index (χ1v) is 8.74. The highest BCUT2D eigenvalue weighted by Crippen LogP contribution is 2.38. The van der Waals surface area contributed by atoms with Crippen molar-refractivity contribution in [2.24, 2.45) is 5.92 Å². The Morgan fingerprint density at radius 3 is 2.67 bits per heavy atom. The van der Waals surface area contributed by atoms with Gasteiger partial charge in [-0.3, -0.25) is 14.7 Å². The fourth-order valence-electron chi connectivity index (χ4n) is 4.18. The Balaban J connectivity index is 1.29. The zero-order valence-corrected chi connectivity index (χ0v) is 13.8. The lowest BCUT2D eigenvalue weighted by atomic mass is 10.0. The monoisotopic (exact) mass is 321 g/mol. The third kappa shape index (κ3) is 3.34. The molecule has 0 unspecified atom stereocenters. The molecule has 1 aliphatic carbocycles. The van der Waals surface area contributed by atoms with Crippen molar-refractivity contribution in [3.05, 3.63) is 66.0 Å². The quantitative estimate of drug-likeness (QED) is 0.920. The SMILES string of the molecule is O=C(Cc1ccccc1)N[C@H]1C[C@H]2C[C@H]1CN2Cc1cccnc1. The van der Waals surface area contributed by atoms with Crippen molar-refractivity contribution in [2.75, 3.05) is 6.54 Å². The van der Waals surface area contributed by atoms with Gasteiger partial charge in [-0.25, -0.2) is 0 Å². The van der Waals surface area contributed by atoms with E-state index in [0.717, 1.165) is 25.1 Å². The average molecular weight is 321 g/mol. The molecule has 4 rings (SSSR count). The number of fused-ring (bicyclic) bond motifs is 2. The maximum absolute atomic E-state index is 12.3. The Labute approximate surface area is 142 Å². The summed E-state index contributed by atoms with van der Waals surface area (Å²) in [6.45, 7) is 2.05. The van der Waals surface area contributed by atoms with Crippen LogP contribution in [0.25, 0.3) is 0 Å². The van der Waals surface area contributed by atoms with E-state index in [4.69, 9.17) is 0 Å². The minimum absolute atomic E-state index is 0.151. The van der Waals surface area contributed by atoms with Crippen LogP contribution in [0.4, 0.5) is 0 Å². The first kappa shape index (κ1) is 15.3. The molecule has 4 nitrogen and oxygen atoms in total. The van der Waals surface area contributed by atoms with Crippen LogP contribution in [0.2, 0.25) is 0 Å². The van der Waals surface area contributed by atoms with Crippen molar-refractivity contribution in [3.8, 4) is 0 Å². The van der Waals surface area contributed by atoms with Crippen LogP contribution in [0.15, 0.2) is 54.9 Å². The molecule has 0 spiro atoms. The van der Waals surface area contributed by atoms with Crippen LogP contribution < -0.4 is 5.32 Å². The van der Waals surface area contributed by atoms with Crippen molar-refractivity contribution in [1.29, 1.82) is 0 Å². The van der Waals surface area contributed by atoms with Gasteiger partial charge in [0, 0.05) is 37.6 Å². The summed E-state index contributed by atoms with van der Waals surface area (Å²) in [6, 6.07) is 15.0. The molecule has 2 aliphatic rings. The average Bonchev–Trinajstić information content (AvgIpc) is 3.16. The Hall–Kier alpha value is -2.20. The fraction of sp³-hybridized carbons (Fsp3) is 0.400. The lowest BCUT2D eigenvalue weighted by Crippen LogP contribution is -2.46. The normalized spacial score (nSPS) is 25.8. The largest absolute Gasteiger partial charge is 0.353 e. The molecule has 124 valence electrons. The minimum atomic E-state index is 0.151. The molecule has 1 aliphatic heterocycles. The zero-order valence-electron chi connectivity index (χ0n) is 13.8. The lowest BCUT2D eigenvalue weighted by Gasteiger charge is -2.32. The number of amides is 1. The molecule has 1 aromatic heterocycles. The minimum Gasteiger partial charge on any atom is -0.353 e. The van der Waals surface area contributed by atoms with E-state index in [1.54, 1.807) is 0 Å². The summed E-state index contributed by atoms with van der Waals surface area (Å²) < 4.78 is 0. The molecular formula is C20H23N3O. The van der Waals surface area contributed by atoms with Crippen molar-refractivity contribution in [1.82, 2.24) is 15.2 Å². The van der Waals surface area contributed by atoms with E-state index in [1.807, 2.05) is 48.8 Å². The van der Waals surface area contributed by atoms with Gasteiger partial charge in [0.25, 0.3) is 0 Å². The summed E-state index contributed by atoms with van der Waals surface area (Å²) in [7, 11) is 0. The fourth-order valence-corrected chi connectivity index (χ4v) is 4.18. The third-order valence-corrected chi connectivity index (χ3v) is 5.32. The number of pyridine rings is 1. The van der Waals surface area contributed by atoms with Gasteiger partial charge in [0.05, 0.1) is 6.42 Å². The summed E-state index contributed by atoms with van der Waals surface area (Å²) in [6.07, 6.45) is 6.53. The summed E-state index contributed by atoms with van der Waals surface area (Å²) >= 11 is 0. The van der Waals surface area contributed by atoms with Gasteiger partial charge in [0.15, 0.2) is 0 Å². The Morgan fingerprint density at radius 1 is 1.12 bits per heavy atom. The number of benzene rings is 1. The second-order valence-corrected chi connectivity index (χ2v) is 7.01. The summed E-state index contributed by atoms with van der Waals surface area (Å²) in [5.41, 5.74) is 2.35. The van der Waals surface area contributed by atoms with Gasteiger partial charge in [-0.2, -0.15) is 0 Å². The molecule has 0 radical (unpaired) electrons. The van der Waals surface area contributed by atoms with E-state index >= 15 is 0 Å². The number of hydrogen-bond donors (Lipinski definition) is 1. The first-order valence-electron chi connectivity index (χ1n) is 8.74. The van der Waals surface area contributed by atoms with Gasteiger partial charge in [-0.1, -0.05) is 36.4 Å². The van der Waals surface area contributed by atoms with Crippen LogP contribution in [0.1, 0.15) is 24.0 Å². The third-order valence-electron chi connectivity index (χ3n) is 5.32. The smallest absolute Gasteiger partial charge is 0.224 e. The highest BCUT2D eigenvalue weighted by Gasteiger charge is 2.44. The maximum atomic E-state index is 12.3. The maximum Gasteiger partial charge on any atom is 0.224 e. The van der Waals surface area contributed by atoms with Crippen LogP contribution in [0.3, 0.4) is 0 Å². The Kier molecular flexibility index (Phi) is 4.30. The molecule has 3 atom stereocenters. The highest BCUT2D eigenvalue weighted by molar-refractivity contribution is 5.78. The van der Waals surface area contributed by atoms with E-state index < -0.39 is 0 Å². The molecule has 2 bridgehead atoms. The first-order chi connectivity index (χ1) is 11.8. The molecule has 1 saturated heterocycles. The Bertz CT molecular complexity index is 689. The molecule has 2 aromatic rings. The molecule has 4 heteroatoms. The number of piperidine rings is 1. The van der Waals surface area contributed by atoms with Crippen molar-refractivity contribution in [2.45, 2.75) is 37.9 Å². The predicted molar refractivity (Wildman–Crippen MR) is 93.2 cm³/mol. The van der Waals surface area contributed by atoms with Gasteiger partial charge in [-0.05, 0) is 36.0 Å². The molecule has 1 amide bonds. The van der Waals surface area contributed by atoms with Gasteiger partial charge in [0.2, 0.25) is 5.91 Å². The molecule has 2 heterocycles. The number of rotatable bonds is 5. The molecule has 1 aromatic carbocycles. The van der Waals surface area contributed by atoms with Crippen LogP contribution in [-0.2, 0) is 17.8 Å². The number of carbonyl (C=O) groups excluding carboxylic acids is 1. The molecule has 24 heavy (non-hydrogen) atoms. The van der Waals surface area contributed by atoms with Gasteiger partial charge >= 0.3 is 0 Å². The number of carbonyl (C=O) groups is 1. The number of nitrogens with one attached hydrogen (secondary N) is 1. The van der Waals surface area contributed by atoms with Gasteiger partial charge < -0.3 is 5.32 Å². The lowest BCUT2D eigenvalue weighted by molar-refractivity contribution is -0.121. The van der Waals surface area contributed by atoms with E-state index in [9.17, 15) is 4.79 Å². The number of nitrogens with zero attached hydrogens (tertiary/aromatic N) is 2. The standard InChI is InChI=1S/C20H23N3O/c24-20(9-15-5-2-1-3-6-15)22-19-11-18-10-17(19)14-23(18)13-16-7-4-8-21-12-16/h1-8,12,17-19H,9-11,13-14H2,(H,22,24)/t17-,18+,19-/m0/s1. The molecular weight excluding hydrogens is 298 g/mol. The summed E-state index contributed by atoms with van der Waals surface area (Å²) in [4.78, 5) is 19.0. The van der Waals surface area contributed by atoms with Crippen molar-refractivity contribution >= 4 is 5.91 Å². The molecule has 1 saturated carbocycles. The van der Waals surface area contributed by atoms with E-state index in [0.29, 0.717) is 24.4 Å². The number of aromatic nitrogens is 1. The molecule has 1 N–H and O–H groups in total.